The highest BCUT2D eigenvalue weighted by atomic mass is 16.1. The van der Waals surface area contributed by atoms with Crippen LogP contribution in [0.3, 0.4) is 0 Å². The minimum Gasteiger partial charge on any atom is -0.370 e. The summed E-state index contributed by atoms with van der Waals surface area (Å²) < 4.78 is 0. The lowest BCUT2D eigenvalue weighted by atomic mass is 9.77. The van der Waals surface area contributed by atoms with Crippen LogP contribution in [0, 0.1) is 0 Å². The standard InChI is InChI=1S/C15H29N3O/c1-4-17-11-8-12-6-5-7-13(9-11)18(12)15(2,3)10-14(16)19/h11-13,17H,4-10H2,1-3H3,(H2,16,19). The molecule has 0 saturated carbocycles. The maximum atomic E-state index is 11.3. The molecule has 19 heavy (non-hydrogen) atoms. The first-order valence-electron chi connectivity index (χ1n) is 7.74. The molecule has 0 aromatic carbocycles. The molecule has 2 bridgehead atoms. The molecule has 3 N–H and O–H groups in total. The topological polar surface area (TPSA) is 58.4 Å². The van der Waals surface area contributed by atoms with Gasteiger partial charge in [-0.15, -0.1) is 0 Å². The van der Waals surface area contributed by atoms with Crippen molar-refractivity contribution in [1.29, 1.82) is 0 Å². The van der Waals surface area contributed by atoms with Crippen molar-refractivity contribution in [2.24, 2.45) is 5.73 Å². The van der Waals surface area contributed by atoms with Gasteiger partial charge in [0.15, 0.2) is 0 Å². The SMILES string of the molecule is CCNC1CC2CCCC(C1)N2C(C)(C)CC(N)=O. The number of carbonyl (C=O) groups excluding carboxylic acids is 1. The summed E-state index contributed by atoms with van der Waals surface area (Å²) in [4.78, 5) is 13.9. The third-order valence-electron chi connectivity index (χ3n) is 4.77. The molecule has 2 aliphatic rings. The Kier molecular flexibility index (Phi) is 4.51. The van der Waals surface area contributed by atoms with E-state index in [2.05, 4.69) is 31.0 Å². The fourth-order valence-electron chi connectivity index (χ4n) is 4.34. The number of hydrogen-bond acceptors (Lipinski definition) is 3. The molecule has 1 amide bonds. The Morgan fingerprint density at radius 3 is 2.37 bits per heavy atom. The summed E-state index contributed by atoms with van der Waals surface area (Å²) in [5.41, 5.74) is 5.33. The minimum atomic E-state index is -0.183. The molecule has 110 valence electrons. The molecule has 2 aliphatic heterocycles. The smallest absolute Gasteiger partial charge is 0.219 e. The Labute approximate surface area is 117 Å². The van der Waals surface area contributed by atoms with Gasteiger partial charge in [-0.25, -0.2) is 0 Å². The third kappa shape index (κ3) is 3.29. The largest absolute Gasteiger partial charge is 0.370 e. The normalized spacial score (nSPS) is 32.3. The molecular weight excluding hydrogens is 238 g/mol. The quantitative estimate of drug-likeness (QED) is 0.796. The third-order valence-corrected chi connectivity index (χ3v) is 4.77. The van der Waals surface area contributed by atoms with Crippen molar-refractivity contribution in [3.63, 3.8) is 0 Å². The molecule has 4 nitrogen and oxygen atoms in total. The first-order chi connectivity index (χ1) is 8.94. The van der Waals surface area contributed by atoms with Gasteiger partial charge in [0.25, 0.3) is 0 Å². The Balaban J connectivity index is 2.11. The summed E-state index contributed by atoms with van der Waals surface area (Å²) in [7, 11) is 0. The van der Waals surface area contributed by atoms with Crippen molar-refractivity contribution in [2.45, 2.75) is 83.0 Å². The molecule has 2 fully saturated rings. The molecule has 0 aromatic heterocycles. The van der Waals surface area contributed by atoms with E-state index in [1.165, 1.54) is 32.1 Å². The number of piperidine rings is 2. The summed E-state index contributed by atoms with van der Waals surface area (Å²) in [6.45, 7) is 7.58. The van der Waals surface area contributed by atoms with E-state index in [4.69, 9.17) is 5.73 Å². The predicted octanol–water partition coefficient (Wildman–Crippen LogP) is 1.64. The number of primary amides is 1. The van der Waals surface area contributed by atoms with Gasteiger partial charge in [0, 0.05) is 30.1 Å². The zero-order valence-corrected chi connectivity index (χ0v) is 12.6. The zero-order chi connectivity index (χ0) is 14.0. The van der Waals surface area contributed by atoms with Crippen LogP contribution in [0.2, 0.25) is 0 Å². The van der Waals surface area contributed by atoms with Crippen LogP contribution in [0.15, 0.2) is 0 Å². The molecule has 2 atom stereocenters. The van der Waals surface area contributed by atoms with Crippen LogP contribution in [-0.2, 0) is 4.79 Å². The highest BCUT2D eigenvalue weighted by molar-refractivity contribution is 5.75. The first-order valence-corrected chi connectivity index (χ1v) is 7.74. The van der Waals surface area contributed by atoms with Gasteiger partial charge in [0.05, 0.1) is 0 Å². The molecule has 2 unspecified atom stereocenters. The second-order valence-corrected chi connectivity index (χ2v) is 6.83. The van der Waals surface area contributed by atoms with E-state index in [9.17, 15) is 4.79 Å². The zero-order valence-electron chi connectivity index (χ0n) is 12.6. The Hall–Kier alpha value is -0.610. The number of nitrogens with zero attached hydrogens (tertiary/aromatic N) is 1. The van der Waals surface area contributed by atoms with E-state index in [0.717, 1.165) is 6.54 Å². The molecule has 0 aliphatic carbocycles. The Morgan fingerprint density at radius 1 is 1.32 bits per heavy atom. The van der Waals surface area contributed by atoms with Crippen LogP contribution in [0.25, 0.3) is 0 Å². The number of amides is 1. The Morgan fingerprint density at radius 2 is 1.89 bits per heavy atom. The molecule has 0 spiro atoms. The highest BCUT2D eigenvalue weighted by Gasteiger charge is 2.44. The van der Waals surface area contributed by atoms with E-state index in [-0.39, 0.29) is 11.4 Å². The van der Waals surface area contributed by atoms with Crippen LogP contribution < -0.4 is 11.1 Å². The fraction of sp³-hybridized carbons (Fsp3) is 0.933. The van der Waals surface area contributed by atoms with Crippen LogP contribution in [0.4, 0.5) is 0 Å². The number of hydrogen-bond donors (Lipinski definition) is 2. The number of nitrogens with two attached hydrogens (primary N) is 1. The lowest BCUT2D eigenvalue weighted by Gasteiger charge is -2.55. The van der Waals surface area contributed by atoms with Gasteiger partial charge in [0.1, 0.15) is 0 Å². The minimum absolute atomic E-state index is 0.0984. The van der Waals surface area contributed by atoms with E-state index in [0.29, 0.717) is 24.5 Å². The number of rotatable bonds is 5. The molecule has 2 heterocycles. The van der Waals surface area contributed by atoms with Gasteiger partial charge < -0.3 is 11.1 Å². The van der Waals surface area contributed by atoms with E-state index >= 15 is 0 Å². The predicted molar refractivity (Wildman–Crippen MR) is 77.9 cm³/mol. The number of nitrogens with one attached hydrogen (secondary N) is 1. The van der Waals surface area contributed by atoms with Gasteiger partial charge in [-0.1, -0.05) is 13.3 Å². The lowest BCUT2D eigenvalue weighted by molar-refractivity contribution is -0.123. The second-order valence-electron chi connectivity index (χ2n) is 6.83. The lowest BCUT2D eigenvalue weighted by Crippen LogP contribution is -2.63. The van der Waals surface area contributed by atoms with Crippen LogP contribution in [0.1, 0.15) is 59.3 Å². The van der Waals surface area contributed by atoms with Crippen LogP contribution in [0.5, 0.6) is 0 Å². The van der Waals surface area contributed by atoms with Crippen molar-refractivity contribution in [2.75, 3.05) is 6.54 Å². The molecule has 0 aromatic rings. The van der Waals surface area contributed by atoms with E-state index < -0.39 is 0 Å². The first kappa shape index (κ1) is 14.8. The van der Waals surface area contributed by atoms with Gasteiger partial charge >= 0.3 is 0 Å². The summed E-state index contributed by atoms with van der Waals surface area (Å²) >= 11 is 0. The summed E-state index contributed by atoms with van der Waals surface area (Å²) in [6.07, 6.45) is 6.75. The number of fused-ring (bicyclic) bond motifs is 2. The second kappa shape index (κ2) is 5.80. The molecular formula is C15H29N3O. The Bertz CT molecular complexity index is 315. The molecule has 2 rings (SSSR count). The van der Waals surface area contributed by atoms with Gasteiger partial charge in [-0.05, 0) is 46.1 Å². The monoisotopic (exact) mass is 267 g/mol. The summed E-state index contributed by atoms with van der Waals surface area (Å²) in [5, 5.41) is 3.61. The van der Waals surface area contributed by atoms with Crippen LogP contribution >= 0.6 is 0 Å². The van der Waals surface area contributed by atoms with Gasteiger partial charge in [0.2, 0.25) is 5.91 Å². The van der Waals surface area contributed by atoms with Gasteiger partial charge in [-0.3, -0.25) is 9.69 Å². The van der Waals surface area contributed by atoms with Crippen molar-refractivity contribution < 1.29 is 4.79 Å². The molecule has 2 saturated heterocycles. The van der Waals surface area contributed by atoms with Gasteiger partial charge in [-0.2, -0.15) is 0 Å². The molecule has 0 radical (unpaired) electrons. The van der Waals surface area contributed by atoms with Crippen molar-refractivity contribution in [1.82, 2.24) is 10.2 Å². The summed E-state index contributed by atoms with van der Waals surface area (Å²) in [6, 6.07) is 1.89. The van der Waals surface area contributed by atoms with Crippen LogP contribution in [-0.4, -0.2) is 41.0 Å². The maximum Gasteiger partial charge on any atom is 0.219 e. The average molecular weight is 267 g/mol. The average Bonchev–Trinajstić information content (AvgIpc) is 2.26. The van der Waals surface area contributed by atoms with E-state index in [1.807, 2.05) is 0 Å². The number of carbonyl (C=O) groups is 1. The summed E-state index contributed by atoms with van der Waals surface area (Å²) in [5.74, 6) is -0.183. The maximum absolute atomic E-state index is 11.3. The van der Waals surface area contributed by atoms with Crippen molar-refractivity contribution >= 4 is 5.91 Å². The highest BCUT2D eigenvalue weighted by Crippen LogP contribution is 2.39. The fourth-order valence-corrected chi connectivity index (χ4v) is 4.34. The van der Waals surface area contributed by atoms with Crippen molar-refractivity contribution in [3.8, 4) is 0 Å². The van der Waals surface area contributed by atoms with E-state index in [1.54, 1.807) is 0 Å². The van der Waals surface area contributed by atoms with Crippen molar-refractivity contribution in [3.05, 3.63) is 0 Å². The molecule has 4 heteroatoms.